The molecule has 0 heterocycles. The molecule has 18 heavy (non-hydrogen) atoms. The first-order valence-electron chi connectivity index (χ1n) is 7.83. The molecule has 0 aromatic rings. The summed E-state index contributed by atoms with van der Waals surface area (Å²) in [6, 6.07) is 0.523. The van der Waals surface area contributed by atoms with E-state index in [4.69, 9.17) is 4.74 Å². The molecule has 2 heteroatoms. The Morgan fingerprint density at radius 1 is 1.22 bits per heavy atom. The van der Waals surface area contributed by atoms with Gasteiger partial charge < -0.3 is 10.1 Å². The number of nitrogens with one attached hydrogen (secondary N) is 1. The minimum atomic E-state index is 0.503. The quantitative estimate of drug-likeness (QED) is 0.742. The summed E-state index contributed by atoms with van der Waals surface area (Å²) >= 11 is 0. The molecule has 1 aliphatic rings. The second-order valence-electron chi connectivity index (χ2n) is 6.75. The van der Waals surface area contributed by atoms with Crippen LogP contribution in [0.3, 0.4) is 0 Å². The fraction of sp³-hybridized carbons (Fsp3) is 1.00. The van der Waals surface area contributed by atoms with Crippen LogP contribution >= 0.6 is 0 Å². The molecule has 0 amide bonds. The van der Waals surface area contributed by atoms with Crippen molar-refractivity contribution in [3.8, 4) is 0 Å². The first-order valence-corrected chi connectivity index (χ1v) is 7.83. The maximum Gasteiger partial charge on any atom is 0.0625 e. The number of ether oxygens (including phenoxy) is 1. The fourth-order valence-corrected chi connectivity index (χ4v) is 2.75. The van der Waals surface area contributed by atoms with Crippen molar-refractivity contribution < 1.29 is 4.74 Å². The molecule has 2 unspecified atom stereocenters. The van der Waals surface area contributed by atoms with Gasteiger partial charge in [-0.2, -0.15) is 0 Å². The van der Waals surface area contributed by atoms with E-state index in [1.165, 1.54) is 32.1 Å². The number of hydrogen-bond donors (Lipinski definition) is 1. The molecule has 1 aliphatic carbocycles. The van der Waals surface area contributed by atoms with Gasteiger partial charge in [-0.15, -0.1) is 0 Å². The molecular formula is C16H33NO. The first kappa shape index (κ1) is 16.0. The van der Waals surface area contributed by atoms with Crippen LogP contribution in [0.15, 0.2) is 0 Å². The van der Waals surface area contributed by atoms with Crippen molar-refractivity contribution in [2.45, 2.75) is 78.9 Å². The number of rotatable bonds is 7. The molecule has 0 radical (unpaired) electrons. The standard InChI is InChI=1S/C16H33NO/c1-6-13(3)15(17-7-2)12-18-14-8-10-16(4,5)11-9-14/h13-15,17H,6-12H2,1-5H3. The molecular weight excluding hydrogens is 222 g/mol. The average molecular weight is 255 g/mol. The summed E-state index contributed by atoms with van der Waals surface area (Å²) in [6.45, 7) is 13.4. The molecule has 2 nitrogen and oxygen atoms in total. The van der Waals surface area contributed by atoms with E-state index in [1.807, 2.05) is 0 Å². The third-order valence-electron chi connectivity index (χ3n) is 4.59. The van der Waals surface area contributed by atoms with Crippen molar-refractivity contribution in [3.63, 3.8) is 0 Å². The number of likely N-dealkylation sites (N-methyl/N-ethyl adjacent to an activating group) is 1. The third-order valence-corrected chi connectivity index (χ3v) is 4.59. The van der Waals surface area contributed by atoms with E-state index in [9.17, 15) is 0 Å². The second kappa shape index (κ2) is 7.49. The molecule has 0 spiro atoms. The van der Waals surface area contributed by atoms with Gasteiger partial charge in [-0.1, -0.05) is 41.0 Å². The van der Waals surface area contributed by atoms with Crippen LogP contribution in [0.4, 0.5) is 0 Å². The van der Waals surface area contributed by atoms with Crippen LogP contribution in [0.2, 0.25) is 0 Å². The summed E-state index contributed by atoms with van der Waals surface area (Å²) in [6.07, 6.45) is 6.83. The zero-order valence-corrected chi connectivity index (χ0v) is 13.1. The summed E-state index contributed by atoms with van der Waals surface area (Å²) in [5, 5.41) is 3.56. The topological polar surface area (TPSA) is 21.3 Å². The van der Waals surface area contributed by atoms with Gasteiger partial charge in [0.05, 0.1) is 12.7 Å². The Morgan fingerprint density at radius 2 is 1.83 bits per heavy atom. The molecule has 108 valence electrons. The predicted molar refractivity (Wildman–Crippen MR) is 78.9 cm³/mol. The maximum absolute atomic E-state index is 6.15. The largest absolute Gasteiger partial charge is 0.377 e. The van der Waals surface area contributed by atoms with E-state index in [2.05, 4.69) is 39.9 Å². The Hall–Kier alpha value is -0.0800. The summed E-state index contributed by atoms with van der Waals surface area (Å²) in [4.78, 5) is 0. The second-order valence-corrected chi connectivity index (χ2v) is 6.75. The molecule has 1 rings (SSSR count). The predicted octanol–water partition coefficient (Wildman–Crippen LogP) is 4.00. The molecule has 0 aliphatic heterocycles. The van der Waals surface area contributed by atoms with Crippen LogP contribution in [0, 0.1) is 11.3 Å². The Balaban J connectivity index is 2.30. The van der Waals surface area contributed by atoms with Crippen molar-refractivity contribution in [2.24, 2.45) is 11.3 Å². The lowest BCUT2D eigenvalue weighted by Crippen LogP contribution is -2.40. The van der Waals surface area contributed by atoms with Crippen LogP contribution in [0.1, 0.15) is 66.7 Å². The molecule has 0 aromatic heterocycles. The van der Waals surface area contributed by atoms with Gasteiger partial charge >= 0.3 is 0 Å². The van der Waals surface area contributed by atoms with Crippen LogP contribution in [-0.4, -0.2) is 25.3 Å². The molecule has 2 atom stereocenters. The highest BCUT2D eigenvalue weighted by Gasteiger charge is 2.28. The SMILES string of the molecule is CCNC(COC1CCC(C)(C)CC1)C(C)CC. The van der Waals surface area contributed by atoms with Crippen molar-refractivity contribution in [2.75, 3.05) is 13.2 Å². The monoisotopic (exact) mass is 255 g/mol. The molecule has 1 N–H and O–H groups in total. The van der Waals surface area contributed by atoms with E-state index in [-0.39, 0.29) is 0 Å². The first-order chi connectivity index (χ1) is 8.48. The fourth-order valence-electron chi connectivity index (χ4n) is 2.75. The van der Waals surface area contributed by atoms with Crippen LogP contribution < -0.4 is 5.32 Å². The molecule has 0 bridgehead atoms. The molecule has 0 saturated heterocycles. The van der Waals surface area contributed by atoms with Crippen LogP contribution in [-0.2, 0) is 4.74 Å². The van der Waals surface area contributed by atoms with Crippen molar-refractivity contribution in [3.05, 3.63) is 0 Å². The Labute approximate surface area is 114 Å². The van der Waals surface area contributed by atoms with E-state index in [0.717, 1.165) is 13.2 Å². The van der Waals surface area contributed by atoms with Crippen LogP contribution in [0.5, 0.6) is 0 Å². The molecule has 1 saturated carbocycles. The van der Waals surface area contributed by atoms with Gasteiger partial charge in [-0.05, 0) is 43.6 Å². The normalized spacial score (nSPS) is 23.8. The Bertz CT molecular complexity index is 217. The third kappa shape index (κ3) is 5.27. The van der Waals surface area contributed by atoms with Gasteiger partial charge in [0, 0.05) is 6.04 Å². The minimum Gasteiger partial charge on any atom is -0.377 e. The highest BCUT2D eigenvalue weighted by atomic mass is 16.5. The van der Waals surface area contributed by atoms with Gasteiger partial charge in [0.15, 0.2) is 0 Å². The maximum atomic E-state index is 6.15. The Morgan fingerprint density at radius 3 is 2.33 bits per heavy atom. The van der Waals surface area contributed by atoms with Crippen molar-refractivity contribution >= 4 is 0 Å². The van der Waals surface area contributed by atoms with Crippen molar-refractivity contribution in [1.29, 1.82) is 0 Å². The van der Waals surface area contributed by atoms with E-state index >= 15 is 0 Å². The Kier molecular flexibility index (Phi) is 6.65. The van der Waals surface area contributed by atoms with Gasteiger partial charge in [0.2, 0.25) is 0 Å². The van der Waals surface area contributed by atoms with Gasteiger partial charge in [-0.3, -0.25) is 0 Å². The minimum absolute atomic E-state index is 0.503. The summed E-state index contributed by atoms with van der Waals surface area (Å²) in [5.74, 6) is 0.699. The number of hydrogen-bond acceptors (Lipinski definition) is 2. The average Bonchev–Trinajstić information content (AvgIpc) is 2.35. The van der Waals surface area contributed by atoms with Gasteiger partial charge in [0.25, 0.3) is 0 Å². The molecule has 1 fully saturated rings. The summed E-state index contributed by atoms with van der Waals surface area (Å²) in [7, 11) is 0. The van der Waals surface area contributed by atoms with Crippen LogP contribution in [0.25, 0.3) is 0 Å². The lowest BCUT2D eigenvalue weighted by atomic mass is 9.76. The van der Waals surface area contributed by atoms with E-state index < -0.39 is 0 Å². The zero-order valence-electron chi connectivity index (χ0n) is 13.1. The van der Waals surface area contributed by atoms with E-state index in [1.54, 1.807) is 0 Å². The zero-order chi connectivity index (χ0) is 13.6. The van der Waals surface area contributed by atoms with Gasteiger partial charge in [0.1, 0.15) is 0 Å². The highest BCUT2D eigenvalue weighted by Crippen LogP contribution is 2.36. The summed E-state index contributed by atoms with van der Waals surface area (Å²) < 4.78 is 6.15. The van der Waals surface area contributed by atoms with E-state index in [0.29, 0.717) is 23.5 Å². The summed E-state index contributed by atoms with van der Waals surface area (Å²) in [5.41, 5.74) is 0.539. The smallest absolute Gasteiger partial charge is 0.0625 e. The highest BCUT2D eigenvalue weighted by molar-refractivity contribution is 4.80. The lowest BCUT2D eigenvalue weighted by molar-refractivity contribution is -0.0115. The van der Waals surface area contributed by atoms with Gasteiger partial charge in [-0.25, -0.2) is 0 Å². The lowest BCUT2D eigenvalue weighted by Gasteiger charge is -2.35. The molecule has 0 aromatic carbocycles. The van der Waals surface area contributed by atoms with Crippen molar-refractivity contribution in [1.82, 2.24) is 5.32 Å².